The van der Waals surface area contributed by atoms with Crippen LogP contribution in [-0.2, 0) is 4.79 Å². The Morgan fingerprint density at radius 1 is 1.11 bits per heavy atom. The first-order chi connectivity index (χ1) is 13.3. The van der Waals surface area contributed by atoms with Gasteiger partial charge in [-0.2, -0.15) is 0 Å². The summed E-state index contributed by atoms with van der Waals surface area (Å²) in [5.74, 6) is -0.278. The summed E-state index contributed by atoms with van der Waals surface area (Å²) in [7, 11) is 0. The standard InChI is InChI=1S/C21H24BrN3O3/c1-14-4-3-5-18(15(14)2)23-20(27)13-24-8-10-25(11-9-24)21(28)17-12-16(22)6-7-19(17)26/h3-7,12,26H,8-11,13H2,1-2H3,(H,23,27). The van der Waals surface area contributed by atoms with Crippen molar-refractivity contribution in [2.45, 2.75) is 13.8 Å². The Hall–Kier alpha value is -2.38. The molecule has 0 aromatic heterocycles. The summed E-state index contributed by atoms with van der Waals surface area (Å²) >= 11 is 3.33. The van der Waals surface area contributed by atoms with Gasteiger partial charge in [-0.1, -0.05) is 28.1 Å². The van der Waals surface area contributed by atoms with E-state index in [9.17, 15) is 14.7 Å². The molecule has 0 saturated carbocycles. The Bertz CT molecular complexity index is 892. The summed E-state index contributed by atoms with van der Waals surface area (Å²) < 4.78 is 0.746. The Labute approximate surface area is 173 Å². The van der Waals surface area contributed by atoms with Gasteiger partial charge in [0, 0.05) is 36.3 Å². The first kappa shape index (κ1) is 20.4. The molecular formula is C21H24BrN3O3. The fraction of sp³-hybridized carbons (Fsp3) is 0.333. The maximum absolute atomic E-state index is 12.7. The third kappa shape index (κ3) is 4.72. The van der Waals surface area contributed by atoms with Gasteiger partial charge in [0.1, 0.15) is 5.75 Å². The molecule has 0 unspecified atom stereocenters. The summed E-state index contributed by atoms with van der Waals surface area (Å²) in [6.07, 6.45) is 0. The van der Waals surface area contributed by atoms with E-state index in [2.05, 4.69) is 21.2 Å². The zero-order valence-corrected chi connectivity index (χ0v) is 17.6. The van der Waals surface area contributed by atoms with Gasteiger partial charge in [0.05, 0.1) is 12.1 Å². The fourth-order valence-corrected chi connectivity index (χ4v) is 3.60. The van der Waals surface area contributed by atoms with Gasteiger partial charge in [0.15, 0.2) is 0 Å². The zero-order valence-electron chi connectivity index (χ0n) is 16.0. The summed E-state index contributed by atoms with van der Waals surface area (Å²) in [6, 6.07) is 10.7. The molecule has 0 aliphatic carbocycles. The van der Waals surface area contributed by atoms with E-state index in [-0.39, 0.29) is 29.7 Å². The van der Waals surface area contributed by atoms with Crippen LogP contribution in [0.5, 0.6) is 5.75 Å². The third-order valence-corrected chi connectivity index (χ3v) is 5.59. The fourth-order valence-electron chi connectivity index (χ4n) is 3.24. The average molecular weight is 446 g/mol. The molecule has 1 aliphatic heterocycles. The molecule has 3 rings (SSSR count). The maximum atomic E-state index is 12.7. The maximum Gasteiger partial charge on any atom is 0.257 e. The van der Waals surface area contributed by atoms with E-state index >= 15 is 0 Å². The molecule has 1 saturated heterocycles. The van der Waals surface area contributed by atoms with Crippen molar-refractivity contribution in [1.82, 2.24) is 9.80 Å². The number of phenolic OH excluding ortho intramolecular Hbond substituents is 1. The molecule has 1 aliphatic rings. The first-order valence-electron chi connectivity index (χ1n) is 9.21. The van der Waals surface area contributed by atoms with Crippen LogP contribution in [0.3, 0.4) is 0 Å². The molecule has 1 fully saturated rings. The summed E-state index contributed by atoms with van der Waals surface area (Å²) in [5.41, 5.74) is 3.33. The van der Waals surface area contributed by atoms with Crippen LogP contribution in [0.2, 0.25) is 0 Å². The van der Waals surface area contributed by atoms with Gasteiger partial charge < -0.3 is 15.3 Å². The lowest BCUT2D eigenvalue weighted by Crippen LogP contribution is -2.50. The van der Waals surface area contributed by atoms with Crippen molar-refractivity contribution >= 4 is 33.4 Å². The minimum absolute atomic E-state index is 0.0245. The van der Waals surface area contributed by atoms with E-state index in [4.69, 9.17) is 0 Å². The highest BCUT2D eigenvalue weighted by atomic mass is 79.9. The number of phenols is 1. The molecule has 1 heterocycles. The third-order valence-electron chi connectivity index (χ3n) is 5.09. The number of hydrogen-bond donors (Lipinski definition) is 2. The van der Waals surface area contributed by atoms with Crippen LogP contribution in [0.25, 0.3) is 0 Å². The molecule has 0 atom stereocenters. The second-order valence-electron chi connectivity index (χ2n) is 7.03. The topological polar surface area (TPSA) is 72.9 Å². The van der Waals surface area contributed by atoms with Crippen LogP contribution in [-0.4, -0.2) is 59.4 Å². The molecular weight excluding hydrogens is 422 g/mol. The van der Waals surface area contributed by atoms with E-state index in [1.54, 1.807) is 17.0 Å². The number of nitrogens with zero attached hydrogens (tertiary/aromatic N) is 2. The van der Waals surface area contributed by atoms with E-state index in [0.29, 0.717) is 26.2 Å². The second kappa shape index (κ2) is 8.75. The van der Waals surface area contributed by atoms with Crippen molar-refractivity contribution in [3.63, 3.8) is 0 Å². The Morgan fingerprint density at radius 3 is 2.54 bits per heavy atom. The number of hydrogen-bond acceptors (Lipinski definition) is 4. The van der Waals surface area contributed by atoms with Crippen LogP contribution in [0.15, 0.2) is 40.9 Å². The normalized spacial score (nSPS) is 14.8. The van der Waals surface area contributed by atoms with E-state index < -0.39 is 0 Å². The van der Waals surface area contributed by atoms with Gasteiger partial charge >= 0.3 is 0 Å². The Morgan fingerprint density at radius 2 is 1.82 bits per heavy atom. The Balaban J connectivity index is 1.54. The van der Waals surface area contributed by atoms with Crippen molar-refractivity contribution in [1.29, 1.82) is 0 Å². The minimum atomic E-state index is -0.196. The number of aromatic hydroxyl groups is 1. The van der Waals surface area contributed by atoms with Gasteiger partial charge in [-0.15, -0.1) is 0 Å². The molecule has 0 bridgehead atoms. The predicted molar refractivity (Wildman–Crippen MR) is 113 cm³/mol. The molecule has 0 radical (unpaired) electrons. The molecule has 0 spiro atoms. The monoisotopic (exact) mass is 445 g/mol. The molecule has 7 heteroatoms. The number of anilines is 1. The second-order valence-corrected chi connectivity index (χ2v) is 7.94. The number of nitrogens with one attached hydrogen (secondary N) is 1. The molecule has 148 valence electrons. The van der Waals surface area contributed by atoms with Gasteiger partial charge in [-0.05, 0) is 49.2 Å². The van der Waals surface area contributed by atoms with Gasteiger partial charge in [0.2, 0.25) is 5.91 Å². The smallest absolute Gasteiger partial charge is 0.257 e. The van der Waals surface area contributed by atoms with E-state index in [1.165, 1.54) is 6.07 Å². The van der Waals surface area contributed by atoms with Crippen LogP contribution in [0, 0.1) is 13.8 Å². The van der Waals surface area contributed by atoms with Crippen LogP contribution >= 0.6 is 15.9 Å². The number of carbonyl (C=O) groups excluding carboxylic acids is 2. The number of rotatable bonds is 4. The number of piperazine rings is 1. The molecule has 2 N–H and O–H groups in total. The largest absolute Gasteiger partial charge is 0.507 e. The molecule has 2 aromatic rings. The highest BCUT2D eigenvalue weighted by Crippen LogP contribution is 2.24. The predicted octanol–water partition coefficient (Wildman–Crippen LogP) is 3.17. The average Bonchev–Trinajstić information content (AvgIpc) is 2.67. The number of halogens is 1. The van der Waals surface area contributed by atoms with Crippen LogP contribution in [0.4, 0.5) is 5.69 Å². The SMILES string of the molecule is Cc1cccc(NC(=O)CN2CCN(C(=O)c3cc(Br)ccc3O)CC2)c1C. The van der Waals surface area contributed by atoms with Gasteiger partial charge in [-0.3, -0.25) is 14.5 Å². The lowest BCUT2D eigenvalue weighted by molar-refractivity contribution is -0.117. The van der Waals surface area contributed by atoms with Gasteiger partial charge in [-0.25, -0.2) is 0 Å². The van der Waals surface area contributed by atoms with E-state index in [1.807, 2.05) is 36.9 Å². The van der Waals surface area contributed by atoms with Gasteiger partial charge in [0.25, 0.3) is 5.91 Å². The quantitative estimate of drug-likeness (QED) is 0.757. The van der Waals surface area contributed by atoms with E-state index in [0.717, 1.165) is 21.3 Å². The van der Waals surface area contributed by atoms with Crippen molar-refractivity contribution in [3.05, 3.63) is 57.6 Å². The number of aryl methyl sites for hydroxylation is 1. The first-order valence-corrected chi connectivity index (χ1v) is 10.0. The number of benzene rings is 2. The lowest BCUT2D eigenvalue weighted by atomic mass is 10.1. The summed E-state index contributed by atoms with van der Waals surface area (Å²) in [6.45, 7) is 6.55. The zero-order chi connectivity index (χ0) is 20.3. The number of carbonyl (C=O) groups is 2. The Kier molecular flexibility index (Phi) is 6.36. The minimum Gasteiger partial charge on any atom is -0.507 e. The van der Waals surface area contributed by atoms with Crippen molar-refractivity contribution in [2.75, 3.05) is 38.0 Å². The number of amides is 2. The van der Waals surface area contributed by atoms with Crippen molar-refractivity contribution < 1.29 is 14.7 Å². The van der Waals surface area contributed by atoms with Crippen LogP contribution < -0.4 is 5.32 Å². The molecule has 2 amide bonds. The van der Waals surface area contributed by atoms with Crippen LogP contribution in [0.1, 0.15) is 21.5 Å². The summed E-state index contributed by atoms with van der Waals surface area (Å²) in [5, 5.41) is 12.9. The lowest BCUT2D eigenvalue weighted by Gasteiger charge is -2.34. The molecule has 6 nitrogen and oxygen atoms in total. The molecule has 2 aromatic carbocycles. The van der Waals surface area contributed by atoms with Crippen molar-refractivity contribution in [3.8, 4) is 5.75 Å². The van der Waals surface area contributed by atoms with Crippen molar-refractivity contribution in [2.24, 2.45) is 0 Å². The summed E-state index contributed by atoms with van der Waals surface area (Å²) in [4.78, 5) is 28.8. The molecule has 28 heavy (non-hydrogen) atoms. The highest BCUT2D eigenvalue weighted by Gasteiger charge is 2.25. The highest BCUT2D eigenvalue weighted by molar-refractivity contribution is 9.10.